The van der Waals surface area contributed by atoms with Crippen molar-refractivity contribution in [3.8, 4) is 5.69 Å². The molecule has 3 aromatic rings. The Morgan fingerprint density at radius 2 is 1.69 bits per heavy atom. The Balaban J connectivity index is 1.71. The number of aromatic nitrogens is 1. The van der Waals surface area contributed by atoms with E-state index in [4.69, 9.17) is 23.8 Å². The number of hydrogen-bond acceptors (Lipinski definition) is 3. The highest BCUT2D eigenvalue weighted by Gasteiger charge is 2.34. The molecule has 0 radical (unpaired) electrons. The lowest BCUT2D eigenvalue weighted by Gasteiger charge is -2.29. The lowest BCUT2D eigenvalue weighted by atomic mass is 9.87. The van der Waals surface area contributed by atoms with E-state index >= 15 is 0 Å². The van der Waals surface area contributed by atoms with E-state index in [0.29, 0.717) is 16.4 Å². The van der Waals surface area contributed by atoms with Gasteiger partial charge in [-0.2, -0.15) is 0 Å². The molecule has 1 aromatic heterocycles. The van der Waals surface area contributed by atoms with Gasteiger partial charge in [-0.3, -0.25) is 19.8 Å². The summed E-state index contributed by atoms with van der Waals surface area (Å²) < 4.78 is 1.93. The molecule has 0 atom stereocenters. The fourth-order valence-electron chi connectivity index (χ4n) is 3.52. The normalized spacial score (nSPS) is 15.9. The lowest BCUT2D eigenvalue weighted by Crippen LogP contribution is -2.54. The second-order valence-corrected chi connectivity index (χ2v) is 9.36. The summed E-state index contributed by atoms with van der Waals surface area (Å²) in [5.74, 6) is -1.04. The Morgan fingerprint density at radius 3 is 2.34 bits per heavy atom. The SMILES string of the molecule is CC(C)(C)c1ccc(-n2cccc2/C=C2\C(=O)NC(=S)N(c3cccc(Cl)c3)C2=O)cc1. The van der Waals surface area contributed by atoms with Gasteiger partial charge in [-0.25, -0.2) is 0 Å². The summed E-state index contributed by atoms with van der Waals surface area (Å²) in [7, 11) is 0. The van der Waals surface area contributed by atoms with Crippen LogP contribution in [0.3, 0.4) is 0 Å². The van der Waals surface area contributed by atoms with Gasteiger partial charge in [0.05, 0.1) is 5.69 Å². The predicted octanol–water partition coefficient (Wildman–Crippen LogP) is 5.26. The predicted molar refractivity (Wildman–Crippen MR) is 132 cm³/mol. The highest BCUT2D eigenvalue weighted by Crippen LogP contribution is 2.26. The van der Waals surface area contributed by atoms with Crippen LogP contribution in [-0.4, -0.2) is 21.5 Å². The summed E-state index contributed by atoms with van der Waals surface area (Å²) in [6.07, 6.45) is 3.47. The van der Waals surface area contributed by atoms with Crippen molar-refractivity contribution in [3.05, 3.63) is 88.7 Å². The molecule has 2 amide bonds. The van der Waals surface area contributed by atoms with Gasteiger partial charge in [0.15, 0.2) is 5.11 Å². The number of thiocarbonyl (C=S) groups is 1. The number of carbonyl (C=O) groups excluding carboxylic acids is 2. The minimum Gasteiger partial charge on any atom is -0.317 e. The number of halogens is 1. The monoisotopic (exact) mass is 463 g/mol. The fraction of sp³-hybridized carbons (Fsp3) is 0.160. The van der Waals surface area contributed by atoms with E-state index < -0.39 is 11.8 Å². The zero-order valence-corrected chi connectivity index (χ0v) is 19.5. The molecular weight excluding hydrogens is 442 g/mol. The molecule has 0 aliphatic carbocycles. The molecule has 1 fully saturated rings. The zero-order valence-electron chi connectivity index (χ0n) is 17.9. The Morgan fingerprint density at radius 1 is 0.969 bits per heavy atom. The van der Waals surface area contributed by atoms with Gasteiger partial charge in [0.2, 0.25) is 0 Å². The van der Waals surface area contributed by atoms with Gasteiger partial charge in [-0.15, -0.1) is 0 Å². The second kappa shape index (κ2) is 8.37. The molecule has 0 spiro atoms. The van der Waals surface area contributed by atoms with Crippen molar-refractivity contribution in [2.24, 2.45) is 0 Å². The summed E-state index contributed by atoms with van der Waals surface area (Å²) in [4.78, 5) is 27.2. The van der Waals surface area contributed by atoms with Crippen molar-refractivity contribution in [1.29, 1.82) is 0 Å². The molecule has 4 rings (SSSR count). The minimum atomic E-state index is -0.533. The van der Waals surface area contributed by atoms with Crippen LogP contribution in [0, 0.1) is 0 Å². The molecule has 1 aliphatic heterocycles. The van der Waals surface area contributed by atoms with E-state index in [9.17, 15) is 9.59 Å². The first-order valence-electron chi connectivity index (χ1n) is 10.1. The molecule has 162 valence electrons. The molecule has 32 heavy (non-hydrogen) atoms. The van der Waals surface area contributed by atoms with Crippen LogP contribution >= 0.6 is 23.8 Å². The molecule has 1 N–H and O–H groups in total. The summed E-state index contributed by atoms with van der Waals surface area (Å²) in [5, 5.41) is 3.09. The third-order valence-electron chi connectivity index (χ3n) is 5.25. The number of carbonyl (C=O) groups is 2. The van der Waals surface area contributed by atoms with E-state index in [1.165, 1.54) is 10.5 Å². The van der Waals surface area contributed by atoms with Crippen molar-refractivity contribution in [2.75, 3.05) is 4.90 Å². The maximum Gasteiger partial charge on any atom is 0.270 e. The Labute approximate surface area is 197 Å². The molecule has 1 aliphatic rings. The van der Waals surface area contributed by atoms with Crippen LogP contribution in [0.5, 0.6) is 0 Å². The van der Waals surface area contributed by atoms with Gasteiger partial charge >= 0.3 is 0 Å². The molecular formula is C25H22ClN3O2S. The molecule has 0 bridgehead atoms. The highest BCUT2D eigenvalue weighted by atomic mass is 35.5. The molecule has 0 saturated carbocycles. The smallest absolute Gasteiger partial charge is 0.270 e. The van der Waals surface area contributed by atoms with E-state index in [0.717, 1.165) is 5.69 Å². The van der Waals surface area contributed by atoms with Crippen LogP contribution in [-0.2, 0) is 15.0 Å². The van der Waals surface area contributed by atoms with Gasteiger partial charge < -0.3 is 4.57 Å². The number of nitrogens with zero attached hydrogens (tertiary/aromatic N) is 2. The summed E-state index contributed by atoms with van der Waals surface area (Å²) in [6.45, 7) is 6.49. The number of benzene rings is 2. The van der Waals surface area contributed by atoms with Gasteiger partial charge in [-0.1, -0.05) is 50.6 Å². The standard InChI is InChI=1S/C25H22ClN3O2S/c1-25(2,3)16-9-11-18(12-10-16)28-13-5-8-19(28)15-21-22(30)27-24(32)29(23(21)31)20-7-4-6-17(26)14-20/h4-15H,1-3H3,(H,27,30,32)/b21-15+. The van der Waals surface area contributed by atoms with Crippen molar-refractivity contribution < 1.29 is 9.59 Å². The Hall–Kier alpha value is -3.22. The molecule has 5 nitrogen and oxygen atoms in total. The van der Waals surface area contributed by atoms with Crippen LogP contribution in [0.4, 0.5) is 5.69 Å². The van der Waals surface area contributed by atoms with Crippen LogP contribution in [0.15, 0.2) is 72.4 Å². The highest BCUT2D eigenvalue weighted by molar-refractivity contribution is 7.80. The van der Waals surface area contributed by atoms with Gasteiger partial charge in [0.1, 0.15) is 5.57 Å². The quantitative estimate of drug-likeness (QED) is 0.327. The van der Waals surface area contributed by atoms with Crippen molar-refractivity contribution in [3.63, 3.8) is 0 Å². The Bertz CT molecular complexity index is 1250. The maximum atomic E-state index is 13.2. The lowest BCUT2D eigenvalue weighted by molar-refractivity contribution is -0.122. The van der Waals surface area contributed by atoms with Crippen LogP contribution in [0.2, 0.25) is 5.02 Å². The van der Waals surface area contributed by atoms with Crippen LogP contribution in [0.1, 0.15) is 32.0 Å². The van der Waals surface area contributed by atoms with E-state index in [1.807, 2.05) is 35.0 Å². The first-order valence-corrected chi connectivity index (χ1v) is 10.9. The largest absolute Gasteiger partial charge is 0.317 e. The van der Waals surface area contributed by atoms with Crippen molar-refractivity contribution in [2.45, 2.75) is 26.2 Å². The molecule has 2 heterocycles. The van der Waals surface area contributed by atoms with Crippen molar-refractivity contribution in [1.82, 2.24) is 9.88 Å². The first-order chi connectivity index (χ1) is 15.1. The maximum absolute atomic E-state index is 13.2. The van der Waals surface area contributed by atoms with Crippen LogP contribution in [0.25, 0.3) is 11.8 Å². The number of rotatable bonds is 3. The Kier molecular flexibility index (Phi) is 5.75. The average molecular weight is 464 g/mol. The second-order valence-electron chi connectivity index (χ2n) is 8.54. The van der Waals surface area contributed by atoms with Crippen LogP contribution < -0.4 is 10.2 Å². The van der Waals surface area contributed by atoms with E-state index in [-0.39, 0.29) is 16.1 Å². The van der Waals surface area contributed by atoms with Gasteiger partial charge in [0.25, 0.3) is 11.8 Å². The van der Waals surface area contributed by atoms with E-state index in [1.54, 1.807) is 30.3 Å². The van der Waals surface area contributed by atoms with Gasteiger partial charge in [-0.05, 0) is 71.7 Å². The average Bonchev–Trinajstić information content (AvgIpc) is 3.19. The topological polar surface area (TPSA) is 54.3 Å². The summed E-state index contributed by atoms with van der Waals surface area (Å²) in [5.41, 5.74) is 3.39. The number of hydrogen-bond donors (Lipinski definition) is 1. The minimum absolute atomic E-state index is 0.00941. The fourth-order valence-corrected chi connectivity index (χ4v) is 3.99. The third-order valence-corrected chi connectivity index (χ3v) is 5.77. The number of anilines is 1. The molecule has 2 aromatic carbocycles. The first kappa shape index (κ1) is 22.0. The van der Waals surface area contributed by atoms with Gasteiger partial charge in [0, 0.05) is 22.6 Å². The number of amides is 2. The summed E-state index contributed by atoms with van der Waals surface area (Å²) in [6, 6.07) is 18.7. The zero-order chi connectivity index (χ0) is 23.0. The molecule has 1 saturated heterocycles. The van der Waals surface area contributed by atoms with E-state index in [2.05, 4.69) is 38.2 Å². The number of nitrogens with one attached hydrogen (secondary N) is 1. The summed E-state index contributed by atoms with van der Waals surface area (Å²) >= 11 is 11.3. The molecule has 0 unspecified atom stereocenters. The third kappa shape index (κ3) is 4.24. The molecule has 7 heteroatoms. The van der Waals surface area contributed by atoms with Crippen molar-refractivity contribution >= 4 is 52.5 Å².